The van der Waals surface area contributed by atoms with Crippen LogP contribution in [0.5, 0.6) is 17.2 Å². The van der Waals surface area contributed by atoms with Crippen LogP contribution in [0.2, 0.25) is 0 Å². The highest BCUT2D eigenvalue weighted by Crippen LogP contribution is 2.47. The number of alkyl halides is 3. The van der Waals surface area contributed by atoms with Crippen LogP contribution in [0.15, 0.2) is 12.1 Å². The van der Waals surface area contributed by atoms with Crippen molar-refractivity contribution >= 4 is 12.4 Å². The number of ether oxygens (including phenoxy) is 3. The molecule has 1 heterocycles. The van der Waals surface area contributed by atoms with Crippen LogP contribution in [0.4, 0.5) is 13.2 Å². The summed E-state index contributed by atoms with van der Waals surface area (Å²) in [6, 6.07) is 1.10. The van der Waals surface area contributed by atoms with Crippen LogP contribution >= 0.6 is 12.4 Å². The molecule has 138 valence electrons. The summed E-state index contributed by atoms with van der Waals surface area (Å²) in [6.07, 6.45) is -4.45. The first-order valence-electron chi connectivity index (χ1n) is 7.23. The van der Waals surface area contributed by atoms with Gasteiger partial charge in [0.25, 0.3) is 0 Å². The van der Waals surface area contributed by atoms with Gasteiger partial charge in [-0.3, -0.25) is 4.90 Å². The summed E-state index contributed by atoms with van der Waals surface area (Å²) in [7, 11) is 4.11. The molecule has 1 aromatic rings. The van der Waals surface area contributed by atoms with E-state index in [4.69, 9.17) is 14.2 Å². The first-order valence-corrected chi connectivity index (χ1v) is 7.23. The quantitative estimate of drug-likeness (QED) is 0.863. The normalized spacial score (nSPS) is 16.9. The summed E-state index contributed by atoms with van der Waals surface area (Å²) in [4.78, 5) is 1.39. The molecule has 0 amide bonds. The fourth-order valence-electron chi connectivity index (χ4n) is 2.80. The maximum Gasteiger partial charge on any atom is 0.408 e. The minimum Gasteiger partial charge on any atom is -0.496 e. The third-order valence-corrected chi connectivity index (χ3v) is 3.85. The minimum atomic E-state index is -4.45. The molecule has 0 radical (unpaired) electrons. The Morgan fingerprint density at radius 3 is 1.88 bits per heavy atom. The van der Waals surface area contributed by atoms with E-state index in [1.54, 1.807) is 0 Å². The largest absolute Gasteiger partial charge is 0.496 e. The SMILES string of the molecule is COc1cc(OC)c([C@@H](N2CCNCC2)C(F)(F)F)c(OC)c1.Cl. The molecule has 1 aliphatic heterocycles. The van der Waals surface area contributed by atoms with Crippen molar-refractivity contribution in [2.45, 2.75) is 12.2 Å². The molecule has 0 aliphatic carbocycles. The van der Waals surface area contributed by atoms with Gasteiger partial charge >= 0.3 is 6.18 Å². The highest BCUT2D eigenvalue weighted by Gasteiger charge is 2.48. The molecule has 1 saturated heterocycles. The minimum absolute atomic E-state index is 0. The Morgan fingerprint density at radius 1 is 1.00 bits per heavy atom. The molecule has 2 rings (SSSR count). The summed E-state index contributed by atoms with van der Waals surface area (Å²) in [5, 5.41) is 3.06. The maximum atomic E-state index is 13.8. The number of rotatable bonds is 5. The number of piperazine rings is 1. The number of benzene rings is 1. The van der Waals surface area contributed by atoms with Gasteiger partial charge in [0.15, 0.2) is 0 Å². The lowest BCUT2D eigenvalue weighted by Crippen LogP contribution is -2.49. The molecule has 1 N–H and O–H groups in total. The van der Waals surface area contributed by atoms with Crippen LogP contribution in [0, 0.1) is 0 Å². The number of nitrogens with zero attached hydrogens (tertiary/aromatic N) is 1. The molecular formula is C15H22ClF3N2O3. The van der Waals surface area contributed by atoms with Crippen LogP contribution in [0.1, 0.15) is 11.6 Å². The van der Waals surface area contributed by atoms with E-state index < -0.39 is 12.2 Å². The average molecular weight is 371 g/mol. The van der Waals surface area contributed by atoms with Gasteiger partial charge in [0.2, 0.25) is 0 Å². The van der Waals surface area contributed by atoms with Gasteiger partial charge in [0.1, 0.15) is 23.3 Å². The second kappa shape index (κ2) is 8.64. The van der Waals surface area contributed by atoms with Crippen molar-refractivity contribution in [3.05, 3.63) is 17.7 Å². The fourth-order valence-corrected chi connectivity index (χ4v) is 2.80. The standard InChI is InChI=1S/C15H21F3N2O3.ClH/c1-21-10-8-11(22-2)13(12(9-10)23-3)14(15(16,17)18)20-6-4-19-5-7-20;/h8-9,14,19H,4-7H2,1-3H3;1H/t14-;/m1./s1. The van der Waals surface area contributed by atoms with Crippen LogP contribution < -0.4 is 19.5 Å². The van der Waals surface area contributed by atoms with Crippen molar-refractivity contribution in [3.63, 3.8) is 0 Å². The Bertz CT molecular complexity index is 512. The Labute approximate surface area is 145 Å². The lowest BCUT2D eigenvalue weighted by atomic mass is 10.0. The van der Waals surface area contributed by atoms with Crippen LogP contribution in [0.25, 0.3) is 0 Å². The summed E-state index contributed by atoms with van der Waals surface area (Å²) < 4.78 is 56.9. The monoisotopic (exact) mass is 370 g/mol. The predicted octanol–water partition coefficient (Wildman–Crippen LogP) is 2.64. The average Bonchev–Trinajstić information content (AvgIpc) is 2.54. The Morgan fingerprint density at radius 2 is 1.50 bits per heavy atom. The Kier molecular flexibility index (Phi) is 7.44. The van der Waals surface area contributed by atoms with E-state index in [-0.39, 0.29) is 29.5 Å². The molecule has 1 aliphatic rings. The summed E-state index contributed by atoms with van der Waals surface area (Å²) in [5.74, 6) is 0.577. The fraction of sp³-hybridized carbons (Fsp3) is 0.600. The Hall–Kier alpha value is -1.38. The molecule has 5 nitrogen and oxygen atoms in total. The second-order valence-corrected chi connectivity index (χ2v) is 5.18. The van der Waals surface area contributed by atoms with Crippen molar-refractivity contribution in [2.75, 3.05) is 47.5 Å². The van der Waals surface area contributed by atoms with Crippen molar-refractivity contribution in [1.82, 2.24) is 10.2 Å². The van der Waals surface area contributed by atoms with E-state index in [1.165, 1.54) is 38.4 Å². The third kappa shape index (κ3) is 4.37. The van der Waals surface area contributed by atoms with Gasteiger partial charge in [0.05, 0.1) is 26.9 Å². The highest BCUT2D eigenvalue weighted by molar-refractivity contribution is 5.85. The number of hydrogen-bond donors (Lipinski definition) is 1. The molecule has 1 atom stereocenters. The smallest absolute Gasteiger partial charge is 0.408 e. The number of methoxy groups -OCH3 is 3. The van der Waals surface area contributed by atoms with Crippen molar-refractivity contribution in [2.24, 2.45) is 0 Å². The molecule has 0 unspecified atom stereocenters. The molecule has 9 heteroatoms. The molecular weight excluding hydrogens is 349 g/mol. The lowest BCUT2D eigenvalue weighted by Gasteiger charge is -2.37. The highest BCUT2D eigenvalue weighted by atomic mass is 35.5. The molecule has 0 saturated carbocycles. The van der Waals surface area contributed by atoms with E-state index in [2.05, 4.69) is 5.32 Å². The zero-order chi connectivity index (χ0) is 17.0. The summed E-state index contributed by atoms with van der Waals surface area (Å²) in [5.41, 5.74) is -0.0230. The van der Waals surface area contributed by atoms with E-state index in [9.17, 15) is 13.2 Å². The number of nitrogens with one attached hydrogen (secondary N) is 1. The van der Waals surface area contributed by atoms with Gasteiger partial charge in [-0.15, -0.1) is 12.4 Å². The van der Waals surface area contributed by atoms with E-state index in [0.717, 1.165) is 0 Å². The zero-order valence-corrected chi connectivity index (χ0v) is 14.6. The van der Waals surface area contributed by atoms with E-state index in [0.29, 0.717) is 31.9 Å². The van der Waals surface area contributed by atoms with Gasteiger partial charge in [-0.25, -0.2) is 0 Å². The van der Waals surface area contributed by atoms with Crippen LogP contribution in [-0.2, 0) is 0 Å². The van der Waals surface area contributed by atoms with Crippen molar-refractivity contribution in [3.8, 4) is 17.2 Å². The van der Waals surface area contributed by atoms with Gasteiger partial charge < -0.3 is 19.5 Å². The predicted molar refractivity (Wildman–Crippen MR) is 86.6 cm³/mol. The molecule has 24 heavy (non-hydrogen) atoms. The maximum absolute atomic E-state index is 13.8. The lowest BCUT2D eigenvalue weighted by molar-refractivity contribution is -0.188. The number of hydrogen-bond acceptors (Lipinski definition) is 5. The zero-order valence-electron chi connectivity index (χ0n) is 13.8. The molecule has 0 spiro atoms. The van der Waals surface area contributed by atoms with Crippen LogP contribution in [0.3, 0.4) is 0 Å². The summed E-state index contributed by atoms with van der Waals surface area (Å²) in [6.45, 7) is 1.60. The topological polar surface area (TPSA) is 43.0 Å². The third-order valence-electron chi connectivity index (χ3n) is 3.85. The number of halogens is 4. The van der Waals surface area contributed by atoms with Gasteiger partial charge in [-0.2, -0.15) is 13.2 Å². The molecule has 1 aromatic carbocycles. The van der Waals surface area contributed by atoms with Crippen molar-refractivity contribution in [1.29, 1.82) is 0 Å². The molecule has 0 aromatic heterocycles. The molecule has 1 fully saturated rings. The van der Waals surface area contributed by atoms with Gasteiger partial charge in [-0.05, 0) is 0 Å². The van der Waals surface area contributed by atoms with Crippen molar-refractivity contribution < 1.29 is 27.4 Å². The molecule has 0 bridgehead atoms. The van der Waals surface area contributed by atoms with Gasteiger partial charge in [-0.1, -0.05) is 0 Å². The van der Waals surface area contributed by atoms with Gasteiger partial charge in [0, 0.05) is 38.3 Å². The Balaban J connectivity index is 0.00000288. The first kappa shape index (κ1) is 20.7. The summed E-state index contributed by atoms with van der Waals surface area (Å²) >= 11 is 0. The first-order chi connectivity index (χ1) is 10.9. The van der Waals surface area contributed by atoms with E-state index in [1.807, 2.05) is 0 Å². The second-order valence-electron chi connectivity index (χ2n) is 5.18. The van der Waals surface area contributed by atoms with E-state index >= 15 is 0 Å². The van der Waals surface area contributed by atoms with Crippen LogP contribution in [-0.4, -0.2) is 58.6 Å².